The molecule has 0 saturated heterocycles. The van der Waals surface area contributed by atoms with E-state index >= 15 is 0 Å². The van der Waals surface area contributed by atoms with Gasteiger partial charge in [-0.3, -0.25) is 0 Å². The highest BCUT2D eigenvalue weighted by molar-refractivity contribution is 7.80. The number of thiol groups is 1. The molecular formula is C10H20S. The fourth-order valence-electron chi connectivity index (χ4n) is 1.98. The van der Waals surface area contributed by atoms with E-state index in [1.54, 1.807) is 0 Å². The molecule has 1 heteroatoms. The van der Waals surface area contributed by atoms with Gasteiger partial charge in [-0.05, 0) is 31.1 Å². The minimum atomic E-state index is 0.693. The first-order valence-corrected chi connectivity index (χ1v) is 5.40. The van der Waals surface area contributed by atoms with Crippen LogP contribution in [-0.2, 0) is 0 Å². The molecular weight excluding hydrogens is 152 g/mol. The second-order valence-electron chi connectivity index (χ2n) is 4.17. The Kier molecular flexibility index (Phi) is 3.77. The van der Waals surface area contributed by atoms with Gasteiger partial charge in [-0.25, -0.2) is 0 Å². The maximum absolute atomic E-state index is 4.54. The molecule has 0 aromatic carbocycles. The van der Waals surface area contributed by atoms with Gasteiger partial charge >= 0.3 is 0 Å². The number of hydrogen-bond donors (Lipinski definition) is 1. The second kappa shape index (κ2) is 4.39. The van der Waals surface area contributed by atoms with Crippen molar-refractivity contribution >= 4 is 12.6 Å². The van der Waals surface area contributed by atoms with E-state index in [-0.39, 0.29) is 0 Å². The lowest BCUT2D eigenvalue weighted by Gasteiger charge is -2.17. The Morgan fingerprint density at radius 3 is 2.45 bits per heavy atom. The Balaban J connectivity index is 2.34. The Morgan fingerprint density at radius 2 is 1.82 bits per heavy atom. The first-order chi connectivity index (χ1) is 5.20. The largest absolute Gasteiger partial charge is 0.176 e. The van der Waals surface area contributed by atoms with E-state index in [2.05, 4.69) is 26.5 Å². The van der Waals surface area contributed by atoms with Crippen molar-refractivity contribution < 1.29 is 0 Å². The summed E-state index contributed by atoms with van der Waals surface area (Å²) in [5, 5.41) is 0.693. The maximum Gasteiger partial charge on any atom is 0.00169 e. The summed E-state index contributed by atoms with van der Waals surface area (Å²) in [6.07, 6.45) is 6.93. The molecule has 66 valence electrons. The Labute approximate surface area is 76.2 Å². The van der Waals surface area contributed by atoms with Crippen LogP contribution in [0.4, 0.5) is 0 Å². The lowest BCUT2D eigenvalue weighted by atomic mass is 9.89. The predicted molar refractivity (Wildman–Crippen MR) is 54.2 cm³/mol. The fourth-order valence-corrected chi connectivity index (χ4v) is 2.31. The van der Waals surface area contributed by atoms with E-state index in [1.807, 2.05) is 0 Å². The molecule has 0 nitrogen and oxygen atoms in total. The van der Waals surface area contributed by atoms with Gasteiger partial charge in [-0.1, -0.05) is 26.7 Å². The third-order valence-electron chi connectivity index (χ3n) is 2.93. The van der Waals surface area contributed by atoms with Gasteiger partial charge in [0.25, 0.3) is 0 Å². The molecule has 1 aliphatic rings. The standard InChI is InChI=1S/C10H20S/c1-8(2)9-4-3-5-10(11)7-6-9/h8-11H,3-7H2,1-2H3. The van der Waals surface area contributed by atoms with Gasteiger partial charge in [0, 0.05) is 5.25 Å². The zero-order valence-electron chi connectivity index (χ0n) is 7.71. The lowest BCUT2D eigenvalue weighted by molar-refractivity contribution is 0.343. The molecule has 0 bridgehead atoms. The summed E-state index contributed by atoms with van der Waals surface area (Å²) >= 11 is 4.54. The molecule has 11 heavy (non-hydrogen) atoms. The summed E-state index contributed by atoms with van der Waals surface area (Å²) in [5.74, 6) is 1.86. The van der Waals surface area contributed by atoms with Crippen LogP contribution in [0.5, 0.6) is 0 Å². The monoisotopic (exact) mass is 172 g/mol. The van der Waals surface area contributed by atoms with Crippen LogP contribution in [0.3, 0.4) is 0 Å². The minimum absolute atomic E-state index is 0.693. The van der Waals surface area contributed by atoms with Crippen LogP contribution in [0.15, 0.2) is 0 Å². The highest BCUT2D eigenvalue weighted by atomic mass is 32.1. The lowest BCUT2D eigenvalue weighted by Crippen LogP contribution is -2.07. The maximum atomic E-state index is 4.54. The van der Waals surface area contributed by atoms with Gasteiger partial charge in [0.05, 0.1) is 0 Å². The Morgan fingerprint density at radius 1 is 1.09 bits per heavy atom. The average Bonchev–Trinajstić information content (AvgIpc) is 2.13. The highest BCUT2D eigenvalue weighted by Gasteiger charge is 2.18. The van der Waals surface area contributed by atoms with Crippen LogP contribution in [0.25, 0.3) is 0 Å². The van der Waals surface area contributed by atoms with E-state index in [1.165, 1.54) is 32.1 Å². The van der Waals surface area contributed by atoms with Crippen molar-refractivity contribution in [2.45, 2.75) is 51.2 Å². The van der Waals surface area contributed by atoms with Crippen LogP contribution >= 0.6 is 12.6 Å². The topological polar surface area (TPSA) is 0 Å². The van der Waals surface area contributed by atoms with Crippen molar-refractivity contribution in [3.63, 3.8) is 0 Å². The molecule has 0 aromatic heterocycles. The van der Waals surface area contributed by atoms with Crippen LogP contribution in [0, 0.1) is 11.8 Å². The van der Waals surface area contributed by atoms with Gasteiger partial charge in [-0.15, -0.1) is 0 Å². The molecule has 1 saturated carbocycles. The Bertz CT molecular complexity index is 109. The summed E-state index contributed by atoms with van der Waals surface area (Å²) in [7, 11) is 0. The fraction of sp³-hybridized carbons (Fsp3) is 1.00. The molecule has 0 N–H and O–H groups in total. The summed E-state index contributed by atoms with van der Waals surface area (Å²) in [5.41, 5.74) is 0. The SMILES string of the molecule is CC(C)C1CCCC(S)CC1. The van der Waals surface area contributed by atoms with Gasteiger partial charge in [0.1, 0.15) is 0 Å². The molecule has 0 aliphatic heterocycles. The van der Waals surface area contributed by atoms with Crippen molar-refractivity contribution in [3.05, 3.63) is 0 Å². The van der Waals surface area contributed by atoms with Crippen LogP contribution in [0.1, 0.15) is 46.0 Å². The minimum Gasteiger partial charge on any atom is -0.176 e. The molecule has 1 fully saturated rings. The molecule has 2 unspecified atom stereocenters. The molecule has 1 aliphatic carbocycles. The summed E-state index contributed by atoms with van der Waals surface area (Å²) in [6.45, 7) is 4.70. The van der Waals surface area contributed by atoms with Gasteiger partial charge in [0.15, 0.2) is 0 Å². The third kappa shape index (κ3) is 3.06. The van der Waals surface area contributed by atoms with E-state index in [4.69, 9.17) is 0 Å². The van der Waals surface area contributed by atoms with Crippen molar-refractivity contribution in [2.75, 3.05) is 0 Å². The van der Waals surface area contributed by atoms with Gasteiger partial charge in [0.2, 0.25) is 0 Å². The number of hydrogen-bond acceptors (Lipinski definition) is 1. The second-order valence-corrected chi connectivity index (χ2v) is 4.90. The third-order valence-corrected chi connectivity index (χ3v) is 3.44. The molecule has 0 amide bonds. The van der Waals surface area contributed by atoms with Gasteiger partial charge in [-0.2, -0.15) is 12.6 Å². The first kappa shape index (κ1) is 9.44. The zero-order chi connectivity index (χ0) is 8.27. The quantitative estimate of drug-likeness (QED) is 0.454. The smallest absolute Gasteiger partial charge is 0.00169 e. The van der Waals surface area contributed by atoms with Crippen LogP contribution in [-0.4, -0.2) is 5.25 Å². The summed E-state index contributed by atoms with van der Waals surface area (Å²) < 4.78 is 0. The molecule has 0 radical (unpaired) electrons. The molecule has 2 atom stereocenters. The average molecular weight is 172 g/mol. The van der Waals surface area contributed by atoms with Crippen molar-refractivity contribution in [3.8, 4) is 0 Å². The molecule has 0 spiro atoms. The van der Waals surface area contributed by atoms with Crippen LogP contribution < -0.4 is 0 Å². The zero-order valence-corrected chi connectivity index (χ0v) is 8.61. The van der Waals surface area contributed by atoms with Crippen molar-refractivity contribution in [2.24, 2.45) is 11.8 Å². The van der Waals surface area contributed by atoms with E-state index in [0.29, 0.717) is 5.25 Å². The molecule has 1 rings (SSSR count). The van der Waals surface area contributed by atoms with Gasteiger partial charge < -0.3 is 0 Å². The van der Waals surface area contributed by atoms with Crippen molar-refractivity contribution in [1.29, 1.82) is 0 Å². The van der Waals surface area contributed by atoms with Crippen molar-refractivity contribution in [1.82, 2.24) is 0 Å². The first-order valence-electron chi connectivity index (χ1n) is 4.88. The Hall–Kier alpha value is 0.350. The van der Waals surface area contributed by atoms with E-state index in [9.17, 15) is 0 Å². The van der Waals surface area contributed by atoms with Crippen LogP contribution in [0.2, 0.25) is 0 Å². The van der Waals surface area contributed by atoms with E-state index < -0.39 is 0 Å². The highest BCUT2D eigenvalue weighted by Crippen LogP contribution is 2.30. The molecule has 0 heterocycles. The summed E-state index contributed by atoms with van der Waals surface area (Å²) in [4.78, 5) is 0. The predicted octanol–water partition coefficient (Wildman–Crippen LogP) is 3.52. The normalized spacial score (nSPS) is 33.8. The number of rotatable bonds is 1. The molecule has 0 aromatic rings. The summed E-state index contributed by atoms with van der Waals surface area (Å²) in [6, 6.07) is 0. The van der Waals surface area contributed by atoms with E-state index in [0.717, 1.165) is 11.8 Å².